The van der Waals surface area contributed by atoms with Gasteiger partial charge < -0.3 is 10.8 Å². The highest BCUT2D eigenvalue weighted by molar-refractivity contribution is 5.73. The third-order valence-corrected chi connectivity index (χ3v) is 0.581. The predicted molar refractivity (Wildman–Crippen MR) is 33.9 cm³/mol. The lowest BCUT2D eigenvalue weighted by Crippen LogP contribution is -2.10. The van der Waals surface area contributed by atoms with Crippen LogP contribution in [0.1, 0.15) is 12.8 Å². The maximum absolute atomic E-state index is 9.87. The van der Waals surface area contributed by atoms with Crippen molar-refractivity contribution >= 4 is 5.91 Å². The summed E-state index contributed by atoms with van der Waals surface area (Å²) in [6, 6.07) is 0. The molecule has 56 valence electrons. The van der Waals surface area contributed by atoms with Crippen molar-refractivity contribution in [3.05, 3.63) is 0 Å². The summed E-state index contributed by atoms with van der Waals surface area (Å²) in [6.07, 6.45) is 0.770. The molecule has 0 aromatic heterocycles. The SMILES string of the molecule is NC(=O)CCCO.NN. The number of nitrogens with two attached hydrogens (primary N) is 3. The summed E-state index contributed by atoms with van der Waals surface area (Å²) in [4.78, 5) is 9.87. The first-order valence-corrected chi connectivity index (χ1v) is 2.50. The number of aliphatic hydroxyl groups excluding tert-OH is 1. The summed E-state index contributed by atoms with van der Waals surface area (Å²) in [5, 5.41) is 8.11. The number of rotatable bonds is 3. The Morgan fingerprint density at radius 3 is 2.00 bits per heavy atom. The summed E-state index contributed by atoms with van der Waals surface area (Å²) in [7, 11) is 0. The van der Waals surface area contributed by atoms with Crippen LogP contribution in [0.15, 0.2) is 0 Å². The standard InChI is InChI=1S/C4H9NO2.H4N2/c5-4(7)2-1-3-6;1-2/h6H,1-3H2,(H2,5,7);1-2H2. The molecular weight excluding hydrogens is 122 g/mol. The highest BCUT2D eigenvalue weighted by Gasteiger charge is 1.88. The zero-order valence-corrected chi connectivity index (χ0v) is 5.21. The molecule has 9 heavy (non-hydrogen) atoms. The summed E-state index contributed by atoms with van der Waals surface area (Å²) in [6.45, 7) is 0.0446. The van der Waals surface area contributed by atoms with Gasteiger partial charge in [0.2, 0.25) is 5.91 Å². The fourth-order valence-corrected chi connectivity index (χ4v) is 0.253. The lowest BCUT2D eigenvalue weighted by atomic mass is 10.3. The number of hydrazine groups is 1. The van der Waals surface area contributed by atoms with E-state index in [1.807, 2.05) is 0 Å². The number of carbonyl (C=O) groups excluding carboxylic acids is 1. The Kier molecular flexibility index (Phi) is 12.9. The van der Waals surface area contributed by atoms with E-state index in [0.29, 0.717) is 6.42 Å². The molecule has 7 N–H and O–H groups in total. The minimum atomic E-state index is -0.353. The van der Waals surface area contributed by atoms with Crippen LogP contribution in [-0.4, -0.2) is 17.6 Å². The van der Waals surface area contributed by atoms with Gasteiger partial charge in [-0.15, -0.1) is 0 Å². The highest BCUT2D eigenvalue weighted by Crippen LogP contribution is 1.81. The third kappa shape index (κ3) is 18.7. The van der Waals surface area contributed by atoms with Crippen LogP contribution in [-0.2, 0) is 4.79 Å². The normalized spacial score (nSPS) is 7.44. The molecule has 0 aromatic rings. The van der Waals surface area contributed by atoms with Crippen molar-refractivity contribution in [2.75, 3.05) is 6.61 Å². The van der Waals surface area contributed by atoms with E-state index in [1.165, 1.54) is 0 Å². The average Bonchev–Trinajstić information content (AvgIpc) is 1.88. The molecule has 0 bridgehead atoms. The Labute approximate surface area is 53.8 Å². The molecule has 5 heteroatoms. The molecule has 1 amide bonds. The van der Waals surface area contributed by atoms with E-state index in [9.17, 15) is 4.79 Å². The van der Waals surface area contributed by atoms with Gasteiger partial charge in [0.1, 0.15) is 0 Å². The predicted octanol–water partition coefficient (Wildman–Crippen LogP) is -1.94. The fourth-order valence-electron chi connectivity index (χ4n) is 0.253. The second-order valence-electron chi connectivity index (χ2n) is 1.29. The molecule has 0 saturated heterocycles. The molecule has 0 aliphatic carbocycles. The Hall–Kier alpha value is -0.650. The quantitative estimate of drug-likeness (QED) is 0.266. The van der Waals surface area contributed by atoms with Crippen LogP contribution in [0.2, 0.25) is 0 Å². The first kappa shape index (κ1) is 11.2. The van der Waals surface area contributed by atoms with E-state index >= 15 is 0 Å². The Morgan fingerprint density at radius 2 is 1.89 bits per heavy atom. The van der Waals surface area contributed by atoms with Gasteiger partial charge in [-0.05, 0) is 6.42 Å². The molecule has 0 aromatic carbocycles. The topological polar surface area (TPSA) is 115 Å². The van der Waals surface area contributed by atoms with Gasteiger partial charge in [0.05, 0.1) is 0 Å². The van der Waals surface area contributed by atoms with E-state index < -0.39 is 0 Å². The van der Waals surface area contributed by atoms with Gasteiger partial charge in [-0.1, -0.05) is 0 Å². The van der Waals surface area contributed by atoms with E-state index in [2.05, 4.69) is 11.7 Å². The second-order valence-corrected chi connectivity index (χ2v) is 1.29. The molecule has 0 unspecified atom stereocenters. The summed E-state index contributed by atoms with van der Waals surface area (Å²) < 4.78 is 0. The number of amides is 1. The fraction of sp³-hybridized carbons (Fsp3) is 0.750. The van der Waals surface area contributed by atoms with Crippen LogP contribution in [0.4, 0.5) is 0 Å². The average molecular weight is 135 g/mol. The van der Waals surface area contributed by atoms with Crippen LogP contribution in [0.5, 0.6) is 0 Å². The lowest BCUT2D eigenvalue weighted by molar-refractivity contribution is -0.118. The molecule has 0 saturated carbocycles. The number of carbonyl (C=O) groups is 1. The van der Waals surface area contributed by atoms with Crippen LogP contribution in [0.25, 0.3) is 0 Å². The van der Waals surface area contributed by atoms with Gasteiger partial charge in [-0.25, -0.2) is 0 Å². The first-order chi connectivity index (χ1) is 4.27. The Balaban J connectivity index is 0. The van der Waals surface area contributed by atoms with E-state index in [1.54, 1.807) is 0 Å². The molecule has 0 spiro atoms. The smallest absolute Gasteiger partial charge is 0.217 e. The van der Waals surface area contributed by atoms with E-state index in [-0.39, 0.29) is 18.9 Å². The van der Waals surface area contributed by atoms with Crippen LogP contribution < -0.4 is 17.4 Å². The number of primary amides is 1. The minimum Gasteiger partial charge on any atom is -0.396 e. The molecule has 0 aliphatic rings. The van der Waals surface area contributed by atoms with Crippen molar-refractivity contribution in [1.29, 1.82) is 0 Å². The zero-order valence-electron chi connectivity index (χ0n) is 5.21. The zero-order chi connectivity index (χ0) is 7.70. The second kappa shape index (κ2) is 10.4. The molecule has 0 heterocycles. The molecule has 0 fully saturated rings. The maximum Gasteiger partial charge on any atom is 0.217 e. The van der Waals surface area contributed by atoms with Crippen molar-refractivity contribution in [3.8, 4) is 0 Å². The van der Waals surface area contributed by atoms with Gasteiger partial charge >= 0.3 is 0 Å². The van der Waals surface area contributed by atoms with Gasteiger partial charge in [0.15, 0.2) is 0 Å². The van der Waals surface area contributed by atoms with Gasteiger partial charge in [-0.2, -0.15) is 0 Å². The molecular formula is C4H13N3O2. The van der Waals surface area contributed by atoms with Gasteiger partial charge in [-0.3, -0.25) is 16.5 Å². The lowest BCUT2D eigenvalue weighted by Gasteiger charge is -1.86. The first-order valence-electron chi connectivity index (χ1n) is 2.50. The minimum absolute atomic E-state index is 0.0446. The van der Waals surface area contributed by atoms with Crippen LogP contribution in [0.3, 0.4) is 0 Å². The summed E-state index contributed by atoms with van der Waals surface area (Å²) >= 11 is 0. The largest absolute Gasteiger partial charge is 0.396 e. The van der Waals surface area contributed by atoms with Gasteiger partial charge in [0.25, 0.3) is 0 Å². The molecule has 0 rings (SSSR count). The third-order valence-electron chi connectivity index (χ3n) is 0.581. The molecule has 5 nitrogen and oxygen atoms in total. The van der Waals surface area contributed by atoms with E-state index in [0.717, 1.165) is 0 Å². The van der Waals surface area contributed by atoms with Crippen molar-refractivity contribution in [1.82, 2.24) is 0 Å². The van der Waals surface area contributed by atoms with Gasteiger partial charge in [0, 0.05) is 13.0 Å². The monoisotopic (exact) mass is 135 g/mol. The van der Waals surface area contributed by atoms with Crippen molar-refractivity contribution in [2.45, 2.75) is 12.8 Å². The number of hydrogen-bond acceptors (Lipinski definition) is 4. The summed E-state index contributed by atoms with van der Waals surface area (Å²) in [5.74, 6) is 7.65. The van der Waals surface area contributed by atoms with Crippen LogP contribution in [0, 0.1) is 0 Å². The number of hydrogen-bond donors (Lipinski definition) is 4. The Morgan fingerprint density at radius 1 is 1.44 bits per heavy atom. The molecule has 0 atom stereocenters. The summed E-state index contributed by atoms with van der Waals surface area (Å²) in [5.41, 5.74) is 4.73. The van der Waals surface area contributed by atoms with Crippen molar-refractivity contribution in [2.24, 2.45) is 17.4 Å². The van der Waals surface area contributed by atoms with Crippen molar-refractivity contribution < 1.29 is 9.90 Å². The molecule has 0 aliphatic heterocycles. The van der Waals surface area contributed by atoms with Crippen molar-refractivity contribution in [3.63, 3.8) is 0 Å². The molecule has 0 radical (unpaired) electrons. The maximum atomic E-state index is 9.87. The van der Waals surface area contributed by atoms with Crippen LogP contribution >= 0.6 is 0 Å². The number of aliphatic hydroxyl groups is 1. The Bertz CT molecular complexity index is 66.8. The highest BCUT2D eigenvalue weighted by atomic mass is 16.3. The van der Waals surface area contributed by atoms with E-state index in [4.69, 9.17) is 10.8 Å².